The molecule has 1 atom stereocenters. The minimum absolute atomic E-state index is 0.136. The summed E-state index contributed by atoms with van der Waals surface area (Å²) in [6.07, 6.45) is 2.87. The summed E-state index contributed by atoms with van der Waals surface area (Å²) in [7, 11) is 2.90. The highest BCUT2D eigenvalue weighted by molar-refractivity contribution is 7.98. The summed E-state index contributed by atoms with van der Waals surface area (Å²) < 4.78 is 15.0. The van der Waals surface area contributed by atoms with E-state index >= 15 is 0 Å². The summed E-state index contributed by atoms with van der Waals surface area (Å²) in [5.41, 5.74) is 0.790. The zero-order valence-corrected chi connectivity index (χ0v) is 16.4. The van der Waals surface area contributed by atoms with Gasteiger partial charge >= 0.3 is 5.97 Å². The van der Waals surface area contributed by atoms with Crippen LogP contribution in [-0.4, -0.2) is 54.3 Å². The van der Waals surface area contributed by atoms with Crippen LogP contribution in [0.15, 0.2) is 28.8 Å². The lowest BCUT2D eigenvalue weighted by molar-refractivity contribution is -0.145. The second-order valence-corrected chi connectivity index (χ2v) is 6.65. The first-order valence-electron chi connectivity index (χ1n) is 8.40. The molecule has 0 aliphatic heterocycles. The summed E-state index contributed by atoms with van der Waals surface area (Å²) >= 11 is 1.60. The minimum Gasteiger partial charge on any atom is -0.497 e. The Hall–Kier alpha value is -2.55. The summed E-state index contributed by atoms with van der Waals surface area (Å²) in [4.78, 5) is 28.2. The van der Waals surface area contributed by atoms with Crippen LogP contribution in [0.2, 0.25) is 0 Å². The maximum absolute atomic E-state index is 12.1. The Kier molecular flexibility index (Phi) is 8.12. The van der Waals surface area contributed by atoms with E-state index in [1.807, 2.05) is 18.4 Å². The number of carbonyl (C=O) groups is 2. The molecular formula is C18H23N3O5S. The van der Waals surface area contributed by atoms with Gasteiger partial charge < -0.3 is 19.3 Å². The van der Waals surface area contributed by atoms with Crippen molar-refractivity contribution in [1.82, 2.24) is 15.5 Å². The molecule has 0 radical (unpaired) electrons. The van der Waals surface area contributed by atoms with Crippen LogP contribution < -0.4 is 10.1 Å². The number of nitrogens with zero attached hydrogens (tertiary/aromatic N) is 2. The van der Waals surface area contributed by atoms with E-state index in [1.165, 1.54) is 7.11 Å². The second kappa shape index (κ2) is 10.6. The highest BCUT2D eigenvalue weighted by atomic mass is 32.2. The average Bonchev–Trinajstić information content (AvgIpc) is 3.18. The third kappa shape index (κ3) is 6.28. The summed E-state index contributed by atoms with van der Waals surface area (Å²) in [6, 6.07) is 6.62. The maximum atomic E-state index is 12.1. The molecule has 8 nitrogen and oxygen atoms in total. The third-order valence-electron chi connectivity index (χ3n) is 3.81. The SMILES string of the molecule is COC(=O)C(CCSC)NC(=O)CCc1nc(-c2ccc(OC)cc2)no1. The zero-order valence-electron chi connectivity index (χ0n) is 15.6. The fourth-order valence-electron chi connectivity index (χ4n) is 2.33. The number of aryl methyl sites for hydroxylation is 1. The molecule has 0 bridgehead atoms. The Morgan fingerprint density at radius 2 is 2.00 bits per heavy atom. The van der Waals surface area contributed by atoms with E-state index in [1.54, 1.807) is 31.0 Å². The molecular weight excluding hydrogens is 370 g/mol. The van der Waals surface area contributed by atoms with Gasteiger partial charge in [0.1, 0.15) is 11.8 Å². The Labute approximate surface area is 162 Å². The smallest absolute Gasteiger partial charge is 0.328 e. The number of carbonyl (C=O) groups excluding carboxylic acids is 2. The van der Waals surface area contributed by atoms with E-state index in [9.17, 15) is 9.59 Å². The molecule has 1 aromatic heterocycles. The predicted octanol–water partition coefficient (Wildman–Crippen LogP) is 2.09. The van der Waals surface area contributed by atoms with Gasteiger partial charge in [-0.25, -0.2) is 4.79 Å². The van der Waals surface area contributed by atoms with Crippen molar-refractivity contribution in [3.8, 4) is 17.1 Å². The molecule has 1 amide bonds. The molecule has 146 valence electrons. The number of rotatable bonds is 10. The van der Waals surface area contributed by atoms with Gasteiger partial charge in [-0.1, -0.05) is 5.16 Å². The van der Waals surface area contributed by atoms with Gasteiger partial charge in [0, 0.05) is 18.4 Å². The van der Waals surface area contributed by atoms with Gasteiger partial charge in [-0.15, -0.1) is 0 Å². The Bertz CT molecular complexity index is 748. The predicted molar refractivity (Wildman–Crippen MR) is 102 cm³/mol. The molecule has 2 rings (SSSR count). The number of methoxy groups -OCH3 is 2. The van der Waals surface area contributed by atoms with Crippen molar-refractivity contribution in [3.05, 3.63) is 30.2 Å². The molecule has 0 aliphatic rings. The average molecular weight is 393 g/mol. The van der Waals surface area contributed by atoms with E-state index in [2.05, 4.69) is 15.5 Å². The number of thioether (sulfide) groups is 1. The van der Waals surface area contributed by atoms with Crippen LogP contribution in [0.25, 0.3) is 11.4 Å². The lowest BCUT2D eigenvalue weighted by Crippen LogP contribution is -2.42. The molecule has 1 aromatic carbocycles. The molecule has 0 saturated carbocycles. The number of amides is 1. The lowest BCUT2D eigenvalue weighted by Gasteiger charge is -2.15. The first-order valence-corrected chi connectivity index (χ1v) is 9.80. The van der Waals surface area contributed by atoms with Crippen molar-refractivity contribution in [2.45, 2.75) is 25.3 Å². The van der Waals surface area contributed by atoms with Gasteiger partial charge in [0.15, 0.2) is 0 Å². The fraction of sp³-hybridized carbons (Fsp3) is 0.444. The molecule has 1 unspecified atom stereocenters. The van der Waals surface area contributed by atoms with Crippen molar-refractivity contribution < 1.29 is 23.6 Å². The molecule has 0 aliphatic carbocycles. The van der Waals surface area contributed by atoms with Crippen molar-refractivity contribution >= 4 is 23.6 Å². The van der Waals surface area contributed by atoms with Crippen LogP contribution in [0.3, 0.4) is 0 Å². The number of nitrogens with one attached hydrogen (secondary N) is 1. The highest BCUT2D eigenvalue weighted by Gasteiger charge is 2.21. The summed E-state index contributed by atoms with van der Waals surface area (Å²) in [5, 5.41) is 6.62. The number of benzene rings is 1. The van der Waals surface area contributed by atoms with Gasteiger partial charge in [0.05, 0.1) is 14.2 Å². The molecule has 0 spiro atoms. The van der Waals surface area contributed by atoms with Gasteiger partial charge in [-0.3, -0.25) is 4.79 Å². The zero-order chi connectivity index (χ0) is 19.6. The molecule has 9 heteroatoms. The fourth-order valence-corrected chi connectivity index (χ4v) is 2.80. The van der Waals surface area contributed by atoms with E-state index in [4.69, 9.17) is 14.0 Å². The summed E-state index contributed by atoms with van der Waals surface area (Å²) in [5.74, 6) is 1.57. The standard InChI is InChI=1S/C18H23N3O5S/c1-24-13-6-4-12(5-7-13)17-20-16(26-21-17)9-8-15(22)19-14(10-11-27-3)18(23)25-2/h4-7,14H,8-11H2,1-3H3,(H,19,22). The second-order valence-electron chi connectivity index (χ2n) is 5.66. The Morgan fingerprint density at radius 1 is 1.26 bits per heavy atom. The van der Waals surface area contributed by atoms with Crippen LogP contribution in [0, 0.1) is 0 Å². The number of hydrogen-bond donors (Lipinski definition) is 1. The van der Waals surface area contributed by atoms with Crippen molar-refractivity contribution in [2.75, 3.05) is 26.2 Å². The van der Waals surface area contributed by atoms with Crippen LogP contribution in [0.5, 0.6) is 5.75 Å². The van der Waals surface area contributed by atoms with Gasteiger partial charge in [-0.05, 0) is 42.7 Å². The van der Waals surface area contributed by atoms with Crippen LogP contribution in [0.4, 0.5) is 0 Å². The molecule has 1 heterocycles. The first-order chi connectivity index (χ1) is 13.1. The molecule has 1 N–H and O–H groups in total. The molecule has 27 heavy (non-hydrogen) atoms. The van der Waals surface area contributed by atoms with E-state index in [-0.39, 0.29) is 18.7 Å². The maximum Gasteiger partial charge on any atom is 0.328 e. The lowest BCUT2D eigenvalue weighted by atomic mass is 10.2. The number of esters is 1. The normalized spacial score (nSPS) is 11.7. The quantitative estimate of drug-likeness (QED) is 0.612. The topological polar surface area (TPSA) is 104 Å². The minimum atomic E-state index is -0.646. The molecule has 0 saturated heterocycles. The van der Waals surface area contributed by atoms with Crippen molar-refractivity contribution in [1.29, 1.82) is 0 Å². The van der Waals surface area contributed by atoms with Gasteiger partial charge in [0.25, 0.3) is 0 Å². The monoisotopic (exact) mass is 393 g/mol. The van der Waals surface area contributed by atoms with Gasteiger partial charge in [0.2, 0.25) is 17.6 Å². The molecule has 2 aromatic rings. The Morgan fingerprint density at radius 3 is 2.63 bits per heavy atom. The van der Waals surface area contributed by atoms with E-state index in [0.29, 0.717) is 18.1 Å². The van der Waals surface area contributed by atoms with E-state index < -0.39 is 12.0 Å². The largest absolute Gasteiger partial charge is 0.497 e. The molecule has 0 fully saturated rings. The highest BCUT2D eigenvalue weighted by Crippen LogP contribution is 2.20. The Balaban J connectivity index is 1.89. The van der Waals surface area contributed by atoms with E-state index in [0.717, 1.165) is 17.1 Å². The van der Waals surface area contributed by atoms with Gasteiger partial charge in [-0.2, -0.15) is 16.7 Å². The van der Waals surface area contributed by atoms with Crippen LogP contribution >= 0.6 is 11.8 Å². The number of ether oxygens (including phenoxy) is 2. The van der Waals surface area contributed by atoms with Crippen molar-refractivity contribution in [2.24, 2.45) is 0 Å². The number of aromatic nitrogens is 2. The van der Waals surface area contributed by atoms with Crippen molar-refractivity contribution in [3.63, 3.8) is 0 Å². The van der Waals surface area contributed by atoms with Crippen LogP contribution in [-0.2, 0) is 20.7 Å². The van der Waals surface area contributed by atoms with Crippen LogP contribution in [0.1, 0.15) is 18.7 Å². The number of hydrogen-bond acceptors (Lipinski definition) is 8. The first kappa shape index (κ1) is 20.8. The summed E-state index contributed by atoms with van der Waals surface area (Å²) in [6.45, 7) is 0. The third-order valence-corrected chi connectivity index (χ3v) is 4.46.